The number of rotatable bonds is 4. The van der Waals surface area contributed by atoms with E-state index in [9.17, 15) is 5.11 Å². The molecule has 0 aliphatic rings. The van der Waals surface area contributed by atoms with Crippen molar-refractivity contribution in [2.45, 2.75) is 19.4 Å². The fraction of sp³-hybridized carbons (Fsp3) is 0.286. The molecule has 15 heavy (non-hydrogen) atoms. The molecule has 0 unspecified atom stereocenters. The largest absolute Gasteiger partial charge is 0.385 e. The smallest absolute Gasteiger partial charge is 0.0862 e. The molecule has 1 aromatic carbocycles. The van der Waals surface area contributed by atoms with E-state index in [2.05, 4.69) is 6.58 Å². The first-order chi connectivity index (χ1) is 7.06. The van der Waals surface area contributed by atoms with Crippen LogP contribution in [0.25, 0.3) is 6.08 Å². The van der Waals surface area contributed by atoms with Gasteiger partial charge in [-0.15, -0.1) is 6.58 Å². The van der Waals surface area contributed by atoms with Gasteiger partial charge in [0.2, 0.25) is 0 Å². The third kappa shape index (κ3) is 3.37. The van der Waals surface area contributed by atoms with Crippen molar-refractivity contribution in [3.05, 3.63) is 54.6 Å². The summed E-state index contributed by atoms with van der Waals surface area (Å²) in [6.07, 6.45) is 5.50. The van der Waals surface area contributed by atoms with Gasteiger partial charge in [0.1, 0.15) is 0 Å². The van der Waals surface area contributed by atoms with Crippen LogP contribution >= 0.6 is 0 Å². The Hall–Kier alpha value is -1.34. The van der Waals surface area contributed by atoms with Crippen molar-refractivity contribution >= 4 is 6.08 Å². The molecular formula is C14H18O. The average molecular weight is 202 g/mol. The Bertz CT molecular complexity index is 336. The number of hydrogen-bond acceptors (Lipinski definition) is 1. The second-order valence-corrected chi connectivity index (χ2v) is 3.99. The summed E-state index contributed by atoms with van der Waals surface area (Å²) in [5.74, 6) is 0.0393. The lowest BCUT2D eigenvalue weighted by Gasteiger charge is -2.24. The second kappa shape index (κ2) is 4.94. The maximum absolute atomic E-state index is 10.1. The molecule has 0 fully saturated rings. The predicted molar refractivity (Wildman–Crippen MR) is 65.5 cm³/mol. The molecule has 0 radical (unpaired) electrons. The molecule has 0 aliphatic carbocycles. The first-order valence-corrected chi connectivity index (χ1v) is 5.15. The summed E-state index contributed by atoms with van der Waals surface area (Å²) in [6.45, 7) is 7.43. The Labute approximate surface area is 91.8 Å². The van der Waals surface area contributed by atoms with Crippen LogP contribution in [0.3, 0.4) is 0 Å². The van der Waals surface area contributed by atoms with Gasteiger partial charge in [0.25, 0.3) is 0 Å². The van der Waals surface area contributed by atoms with Crippen molar-refractivity contribution in [2.24, 2.45) is 5.92 Å². The summed E-state index contributed by atoms with van der Waals surface area (Å²) in [5.41, 5.74) is 0.256. The van der Waals surface area contributed by atoms with E-state index in [4.69, 9.17) is 0 Å². The Morgan fingerprint density at radius 2 is 1.93 bits per heavy atom. The molecule has 1 aromatic rings. The van der Waals surface area contributed by atoms with E-state index in [1.807, 2.05) is 49.4 Å². The Balaban J connectivity index is 2.77. The summed E-state index contributed by atoms with van der Waals surface area (Å²) in [7, 11) is 0. The number of benzene rings is 1. The molecule has 0 saturated heterocycles. The van der Waals surface area contributed by atoms with Gasteiger partial charge in [-0.1, -0.05) is 55.5 Å². The topological polar surface area (TPSA) is 20.2 Å². The van der Waals surface area contributed by atoms with E-state index in [1.54, 1.807) is 13.0 Å². The monoisotopic (exact) mass is 202 g/mol. The van der Waals surface area contributed by atoms with Gasteiger partial charge >= 0.3 is 0 Å². The van der Waals surface area contributed by atoms with Gasteiger partial charge in [-0.2, -0.15) is 0 Å². The molecule has 0 spiro atoms. The van der Waals surface area contributed by atoms with Gasteiger partial charge in [0, 0.05) is 5.92 Å². The number of aliphatic hydroxyl groups is 1. The zero-order valence-corrected chi connectivity index (χ0v) is 9.35. The summed E-state index contributed by atoms with van der Waals surface area (Å²) >= 11 is 0. The summed E-state index contributed by atoms with van der Waals surface area (Å²) < 4.78 is 0. The van der Waals surface area contributed by atoms with Gasteiger partial charge in [-0.25, -0.2) is 0 Å². The minimum atomic E-state index is -0.836. The van der Waals surface area contributed by atoms with Crippen LogP contribution in [0.2, 0.25) is 0 Å². The second-order valence-electron chi connectivity index (χ2n) is 3.99. The molecule has 0 amide bonds. The van der Waals surface area contributed by atoms with Crippen molar-refractivity contribution in [1.82, 2.24) is 0 Å². The molecule has 2 atom stereocenters. The SMILES string of the molecule is C=C[C@@H](C)[C@@](C)(O)/C=C/c1ccccc1. The van der Waals surface area contributed by atoms with Crippen LogP contribution in [-0.2, 0) is 0 Å². The van der Waals surface area contributed by atoms with E-state index in [-0.39, 0.29) is 5.92 Å². The molecule has 1 rings (SSSR count). The van der Waals surface area contributed by atoms with E-state index < -0.39 is 5.60 Å². The first kappa shape index (κ1) is 11.7. The molecule has 0 bridgehead atoms. The van der Waals surface area contributed by atoms with E-state index in [1.165, 1.54) is 0 Å². The predicted octanol–water partition coefficient (Wildman–Crippen LogP) is 3.27. The average Bonchev–Trinajstić information content (AvgIpc) is 2.27. The van der Waals surface area contributed by atoms with Crippen molar-refractivity contribution in [1.29, 1.82) is 0 Å². The third-order valence-corrected chi connectivity index (χ3v) is 2.69. The highest BCUT2D eigenvalue weighted by Gasteiger charge is 2.21. The fourth-order valence-corrected chi connectivity index (χ4v) is 1.22. The van der Waals surface area contributed by atoms with Crippen LogP contribution in [0.1, 0.15) is 19.4 Å². The lowest BCUT2D eigenvalue weighted by molar-refractivity contribution is 0.0754. The van der Waals surface area contributed by atoms with Crippen LogP contribution in [0.4, 0.5) is 0 Å². The minimum Gasteiger partial charge on any atom is -0.385 e. The summed E-state index contributed by atoms with van der Waals surface area (Å²) in [6, 6.07) is 9.94. The minimum absolute atomic E-state index is 0.0393. The van der Waals surface area contributed by atoms with E-state index in [0.29, 0.717) is 0 Å². The van der Waals surface area contributed by atoms with Gasteiger partial charge < -0.3 is 5.11 Å². The first-order valence-electron chi connectivity index (χ1n) is 5.15. The number of hydrogen-bond donors (Lipinski definition) is 1. The highest BCUT2D eigenvalue weighted by molar-refractivity contribution is 5.50. The van der Waals surface area contributed by atoms with Gasteiger partial charge in [0.15, 0.2) is 0 Å². The maximum atomic E-state index is 10.1. The zero-order chi connectivity index (χ0) is 11.3. The maximum Gasteiger partial charge on any atom is 0.0862 e. The van der Waals surface area contributed by atoms with Crippen LogP contribution in [-0.4, -0.2) is 10.7 Å². The Morgan fingerprint density at radius 3 is 2.47 bits per heavy atom. The van der Waals surface area contributed by atoms with E-state index in [0.717, 1.165) is 5.56 Å². The molecular weight excluding hydrogens is 184 g/mol. The molecule has 0 saturated carbocycles. The molecule has 0 heterocycles. The van der Waals surface area contributed by atoms with Crippen LogP contribution in [0.5, 0.6) is 0 Å². The summed E-state index contributed by atoms with van der Waals surface area (Å²) in [4.78, 5) is 0. The quantitative estimate of drug-likeness (QED) is 0.743. The van der Waals surface area contributed by atoms with Crippen LogP contribution in [0, 0.1) is 5.92 Å². The normalized spacial score (nSPS) is 17.3. The van der Waals surface area contributed by atoms with Gasteiger partial charge in [-0.3, -0.25) is 0 Å². The van der Waals surface area contributed by atoms with Crippen molar-refractivity contribution in [2.75, 3.05) is 0 Å². The molecule has 1 N–H and O–H groups in total. The zero-order valence-electron chi connectivity index (χ0n) is 9.35. The van der Waals surface area contributed by atoms with Crippen molar-refractivity contribution < 1.29 is 5.11 Å². The highest BCUT2D eigenvalue weighted by atomic mass is 16.3. The molecule has 0 aliphatic heterocycles. The molecule has 1 nitrogen and oxygen atoms in total. The lowest BCUT2D eigenvalue weighted by atomic mass is 9.90. The Kier molecular flexibility index (Phi) is 3.87. The molecule has 1 heteroatoms. The standard InChI is InChI=1S/C14H18O/c1-4-12(2)14(3,15)11-10-13-8-6-5-7-9-13/h4-12,15H,1H2,2-3H3/b11-10+/t12-,14+/m1/s1. The Morgan fingerprint density at radius 1 is 1.33 bits per heavy atom. The summed E-state index contributed by atoms with van der Waals surface area (Å²) in [5, 5.41) is 10.1. The fourth-order valence-electron chi connectivity index (χ4n) is 1.22. The molecule has 80 valence electrons. The van der Waals surface area contributed by atoms with Crippen molar-refractivity contribution in [3.63, 3.8) is 0 Å². The van der Waals surface area contributed by atoms with Gasteiger partial charge in [0.05, 0.1) is 5.60 Å². The third-order valence-electron chi connectivity index (χ3n) is 2.69. The van der Waals surface area contributed by atoms with E-state index >= 15 is 0 Å². The van der Waals surface area contributed by atoms with Crippen LogP contribution < -0.4 is 0 Å². The van der Waals surface area contributed by atoms with Crippen LogP contribution in [0.15, 0.2) is 49.1 Å². The van der Waals surface area contributed by atoms with Crippen molar-refractivity contribution in [3.8, 4) is 0 Å². The highest BCUT2D eigenvalue weighted by Crippen LogP contribution is 2.20. The lowest BCUT2D eigenvalue weighted by Crippen LogP contribution is -2.28. The molecule has 0 aromatic heterocycles. The van der Waals surface area contributed by atoms with Gasteiger partial charge in [-0.05, 0) is 12.5 Å².